The van der Waals surface area contributed by atoms with Crippen LogP contribution in [0.4, 0.5) is 0 Å². The minimum absolute atomic E-state index is 0.0494. The molecular weight excluding hydrogens is 552 g/mol. The van der Waals surface area contributed by atoms with Gasteiger partial charge in [-0.05, 0) is 54.3 Å². The van der Waals surface area contributed by atoms with E-state index < -0.39 is 0 Å². The summed E-state index contributed by atoms with van der Waals surface area (Å²) in [6.07, 6.45) is 28.3. The van der Waals surface area contributed by atoms with E-state index in [2.05, 4.69) is 62.3 Å². The van der Waals surface area contributed by atoms with Crippen LogP contribution in [0, 0.1) is 41.4 Å². The summed E-state index contributed by atoms with van der Waals surface area (Å²) < 4.78 is 11.9. The Morgan fingerprint density at radius 2 is 0.711 bits per heavy atom. The molecule has 0 bridgehead atoms. The molecule has 0 saturated heterocycles. The fourth-order valence-electron chi connectivity index (χ4n) is 6.70. The second kappa shape index (κ2) is 31.2. The Labute approximate surface area is 285 Å². The van der Waals surface area contributed by atoms with Crippen LogP contribution in [0.15, 0.2) is 0 Å². The lowest BCUT2D eigenvalue weighted by atomic mass is 9.91. The van der Waals surface area contributed by atoms with Crippen LogP contribution in [0.2, 0.25) is 0 Å². The van der Waals surface area contributed by atoms with Crippen LogP contribution in [0.1, 0.15) is 197 Å². The normalized spacial score (nSPS) is 16.3. The predicted octanol–water partition coefficient (Wildman–Crippen LogP) is 13.1. The zero-order valence-corrected chi connectivity index (χ0v) is 32.6. The van der Waals surface area contributed by atoms with Crippen molar-refractivity contribution in [1.29, 1.82) is 0 Å². The number of ether oxygens (including phenoxy) is 2. The first-order chi connectivity index (χ1) is 21.5. The lowest BCUT2D eigenvalue weighted by Gasteiger charge is -2.19. The van der Waals surface area contributed by atoms with Crippen molar-refractivity contribution in [2.24, 2.45) is 41.4 Å². The lowest BCUT2D eigenvalue weighted by Crippen LogP contribution is -2.25. The molecule has 0 heterocycles. The molecule has 6 unspecified atom stereocenters. The minimum atomic E-state index is -0.184. The summed E-state index contributed by atoms with van der Waals surface area (Å²) in [6.45, 7) is 23.5. The summed E-state index contributed by atoms with van der Waals surface area (Å²) in [6, 6.07) is 0. The van der Waals surface area contributed by atoms with E-state index >= 15 is 0 Å². The van der Waals surface area contributed by atoms with E-state index in [1.807, 2.05) is 0 Å². The molecule has 0 aliphatic heterocycles. The molecule has 0 saturated carbocycles. The third-order valence-electron chi connectivity index (χ3n) is 10.4. The molecule has 3 nitrogen and oxygen atoms in total. The highest BCUT2D eigenvalue weighted by Gasteiger charge is 2.12. The van der Waals surface area contributed by atoms with E-state index in [1.54, 1.807) is 0 Å². The summed E-state index contributed by atoms with van der Waals surface area (Å²) in [5, 5.41) is 9.77. The minimum Gasteiger partial charge on any atom is -0.394 e. The zero-order chi connectivity index (χ0) is 33.7. The van der Waals surface area contributed by atoms with Crippen LogP contribution in [-0.4, -0.2) is 37.6 Å². The Balaban J connectivity index is 3.72. The molecule has 0 aromatic rings. The number of aliphatic hydroxyl groups is 1. The highest BCUT2D eigenvalue weighted by Crippen LogP contribution is 2.23. The maximum Gasteiger partial charge on any atom is 0.104 e. The van der Waals surface area contributed by atoms with Crippen LogP contribution in [0.5, 0.6) is 0 Å². The molecule has 0 rings (SSSR count). The van der Waals surface area contributed by atoms with Crippen molar-refractivity contribution in [2.45, 2.75) is 203 Å². The molecule has 0 aromatic carbocycles. The fraction of sp³-hybridized carbons (Fsp3) is 1.00. The van der Waals surface area contributed by atoms with Crippen LogP contribution in [0.3, 0.4) is 0 Å². The lowest BCUT2D eigenvalue weighted by molar-refractivity contribution is -0.0471. The van der Waals surface area contributed by atoms with Crippen LogP contribution < -0.4 is 0 Å². The van der Waals surface area contributed by atoms with Crippen molar-refractivity contribution >= 4 is 0 Å². The monoisotopic (exact) mass is 639 g/mol. The van der Waals surface area contributed by atoms with E-state index in [9.17, 15) is 5.11 Å². The van der Waals surface area contributed by atoms with Gasteiger partial charge in [-0.25, -0.2) is 0 Å². The summed E-state index contributed by atoms with van der Waals surface area (Å²) in [7, 11) is 0. The van der Waals surface area contributed by atoms with Gasteiger partial charge in [0.2, 0.25) is 0 Å². The van der Waals surface area contributed by atoms with Crippen molar-refractivity contribution in [1.82, 2.24) is 0 Å². The van der Waals surface area contributed by atoms with Gasteiger partial charge >= 0.3 is 0 Å². The predicted molar refractivity (Wildman–Crippen MR) is 200 cm³/mol. The largest absolute Gasteiger partial charge is 0.394 e. The van der Waals surface area contributed by atoms with E-state index in [-0.39, 0.29) is 12.7 Å². The summed E-state index contributed by atoms with van der Waals surface area (Å²) in [4.78, 5) is 0. The molecule has 0 fully saturated rings. The number of aliphatic hydroxyl groups excluding tert-OH is 1. The van der Waals surface area contributed by atoms with Gasteiger partial charge in [0, 0.05) is 13.2 Å². The van der Waals surface area contributed by atoms with Gasteiger partial charge in [0.05, 0.1) is 13.2 Å². The Morgan fingerprint density at radius 3 is 1.16 bits per heavy atom. The second-order valence-electron chi connectivity index (χ2n) is 16.7. The van der Waals surface area contributed by atoms with Crippen molar-refractivity contribution in [3.63, 3.8) is 0 Å². The Kier molecular flexibility index (Phi) is 31.1. The Hall–Kier alpha value is -0.120. The molecule has 0 aliphatic rings. The van der Waals surface area contributed by atoms with E-state index in [0.717, 1.165) is 55.6 Å². The third-order valence-corrected chi connectivity index (χ3v) is 10.4. The van der Waals surface area contributed by atoms with Gasteiger partial charge in [-0.1, -0.05) is 184 Å². The smallest absolute Gasteiger partial charge is 0.104 e. The van der Waals surface area contributed by atoms with Gasteiger partial charge in [-0.3, -0.25) is 0 Å². The van der Waals surface area contributed by atoms with Gasteiger partial charge < -0.3 is 14.6 Å². The van der Waals surface area contributed by atoms with Crippen LogP contribution >= 0.6 is 0 Å². The number of rotatable bonds is 34. The molecule has 0 aliphatic carbocycles. The molecule has 45 heavy (non-hydrogen) atoms. The molecule has 0 aromatic heterocycles. The summed E-state index contributed by atoms with van der Waals surface area (Å²) in [5.74, 6) is 5.71. The fourth-order valence-corrected chi connectivity index (χ4v) is 6.70. The third kappa shape index (κ3) is 32.2. The standard InChI is InChI=1S/C42H86O3/c1-35(2)19-13-11-10-12-14-21-37(5)23-17-28-41(9)30-32-45-42(33-43)34-44-31-29-40(8)27-18-26-39(7)25-16-24-38(6)22-15-20-36(3)4/h35-43H,10-34H2,1-9H3. The van der Waals surface area contributed by atoms with Crippen molar-refractivity contribution in [2.75, 3.05) is 26.4 Å². The first kappa shape index (κ1) is 44.9. The molecule has 0 amide bonds. The van der Waals surface area contributed by atoms with Gasteiger partial charge in [0.1, 0.15) is 6.10 Å². The highest BCUT2D eigenvalue weighted by atomic mass is 16.5. The molecule has 1 N–H and O–H groups in total. The van der Waals surface area contributed by atoms with Crippen molar-refractivity contribution in [3.05, 3.63) is 0 Å². The van der Waals surface area contributed by atoms with E-state index in [1.165, 1.54) is 122 Å². The van der Waals surface area contributed by atoms with Crippen LogP contribution in [0.25, 0.3) is 0 Å². The first-order valence-corrected chi connectivity index (χ1v) is 20.3. The molecule has 3 heteroatoms. The van der Waals surface area contributed by atoms with Crippen LogP contribution in [-0.2, 0) is 9.47 Å². The average molecular weight is 639 g/mol. The molecule has 0 spiro atoms. The number of hydrogen-bond donors (Lipinski definition) is 1. The summed E-state index contributed by atoms with van der Waals surface area (Å²) in [5.41, 5.74) is 0. The Bertz CT molecular complexity index is 590. The summed E-state index contributed by atoms with van der Waals surface area (Å²) >= 11 is 0. The van der Waals surface area contributed by atoms with Gasteiger partial charge in [-0.2, -0.15) is 0 Å². The zero-order valence-electron chi connectivity index (χ0n) is 32.6. The molecule has 0 radical (unpaired) electrons. The first-order valence-electron chi connectivity index (χ1n) is 20.3. The van der Waals surface area contributed by atoms with Crippen molar-refractivity contribution < 1.29 is 14.6 Å². The van der Waals surface area contributed by atoms with Gasteiger partial charge in [-0.15, -0.1) is 0 Å². The molecular formula is C42H86O3. The van der Waals surface area contributed by atoms with Gasteiger partial charge in [0.15, 0.2) is 0 Å². The maximum absolute atomic E-state index is 9.77. The van der Waals surface area contributed by atoms with Crippen molar-refractivity contribution in [3.8, 4) is 0 Å². The SMILES string of the molecule is CC(C)CCCCCCCC(C)CCCC(C)CCOC(CO)COCCC(C)CCCC(C)CCCC(C)CCCC(C)C. The van der Waals surface area contributed by atoms with E-state index in [4.69, 9.17) is 9.47 Å². The quantitative estimate of drug-likeness (QED) is 0.0713. The Morgan fingerprint density at radius 1 is 0.378 bits per heavy atom. The molecule has 272 valence electrons. The number of unbranched alkanes of at least 4 members (excludes halogenated alkanes) is 4. The molecule has 6 atom stereocenters. The highest BCUT2D eigenvalue weighted by molar-refractivity contribution is 4.63. The van der Waals surface area contributed by atoms with Gasteiger partial charge in [0.25, 0.3) is 0 Å². The van der Waals surface area contributed by atoms with E-state index in [0.29, 0.717) is 18.4 Å². The maximum atomic E-state index is 9.77. The second-order valence-corrected chi connectivity index (χ2v) is 16.7. The number of hydrogen-bond acceptors (Lipinski definition) is 3. The topological polar surface area (TPSA) is 38.7 Å². The average Bonchev–Trinajstić information content (AvgIpc) is 2.97.